The minimum atomic E-state index is 0.0197. The third-order valence-electron chi connectivity index (χ3n) is 4.07. The van der Waals surface area contributed by atoms with Crippen LogP contribution in [0, 0.1) is 5.92 Å². The summed E-state index contributed by atoms with van der Waals surface area (Å²) < 4.78 is 5.43. The molecule has 96 valence electrons. The van der Waals surface area contributed by atoms with Crippen molar-refractivity contribution in [3.05, 3.63) is 0 Å². The van der Waals surface area contributed by atoms with E-state index in [2.05, 4.69) is 26.1 Å². The first-order valence-electron chi connectivity index (χ1n) is 6.86. The summed E-state index contributed by atoms with van der Waals surface area (Å²) in [6.45, 7) is 7.72. The SMILES string of the molecule is CCC1CCCC(NCCC(C)(C)OC)C1. The Labute approximate surface area is 101 Å². The second-order valence-electron chi connectivity index (χ2n) is 5.81. The molecule has 0 bridgehead atoms. The second-order valence-corrected chi connectivity index (χ2v) is 5.81. The van der Waals surface area contributed by atoms with Crippen molar-refractivity contribution < 1.29 is 4.74 Å². The van der Waals surface area contributed by atoms with Crippen molar-refractivity contribution in [3.8, 4) is 0 Å². The van der Waals surface area contributed by atoms with Crippen LogP contribution in [-0.4, -0.2) is 25.3 Å². The summed E-state index contributed by atoms with van der Waals surface area (Å²) in [5.74, 6) is 0.960. The van der Waals surface area contributed by atoms with Gasteiger partial charge in [0.05, 0.1) is 5.60 Å². The summed E-state index contributed by atoms with van der Waals surface area (Å²) in [6.07, 6.45) is 8.04. The minimum absolute atomic E-state index is 0.0197. The van der Waals surface area contributed by atoms with Gasteiger partial charge in [-0.3, -0.25) is 0 Å². The Morgan fingerprint density at radius 2 is 2.06 bits per heavy atom. The van der Waals surface area contributed by atoms with E-state index in [9.17, 15) is 0 Å². The summed E-state index contributed by atoms with van der Waals surface area (Å²) in [5, 5.41) is 3.70. The zero-order chi connectivity index (χ0) is 12.0. The highest BCUT2D eigenvalue weighted by Gasteiger charge is 2.21. The van der Waals surface area contributed by atoms with Crippen molar-refractivity contribution >= 4 is 0 Å². The largest absolute Gasteiger partial charge is 0.379 e. The molecule has 0 radical (unpaired) electrons. The van der Waals surface area contributed by atoms with Crippen molar-refractivity contribution in [2.24, 2.45) is 5.92 Å². The summed E-state index contributed by atoms with van der Waals surface area (Å²) in [5.41, 5.74) is 0.0197. The van der Waals surface area contributed by atoms with Gasteiger partial charge < -0.3 is 10.1 Å². The third-order valence-corrected chi connectivity index (χ3v) is 4.07. The van der Waals surface area contributed by atoms with Crippen LogP contribution in [0.1, 0.15) is 59.3 Å². The van der Waals surface area contributed by atoms with E-state index in [1.165, 1.54) is 32.1 Å². The van der Waals surface area contributed by atoms with E-state index in [0.717, 1.165) is 24.9 Å². The smallest absolute Gasteiger partial charge is 0.0634 e. The van der Waals surface area contributed by atoms with Crippen LogP contribution in [0.4, 0.5) is 0 Å². The average molecular weight is 227 g/mol. The minimum Gasteiger partial charge on any atom is -0.379 e. The van der Waals surface area contributed by atoms with E-state index in [1.54, 1.807) is 7.11 Å². The van der Waals surface area contributed by atoms with E-state index in [0.29, 0.717) is 0 Å². The van der Waals surface area contributed by atoms with Gasteiger partial charge in [-0.2, -0.15) is 0 Å². The highest BCUT2D eigenvalue weighted by molar-refractivity contribution is 4.78. The molecule has 0 aromatic carbocycles. The van der Waals surface area contributed by atoms with Gasteiger partial charge in [-0.15, -0.1) is 0 Å². The topological polar surface area (TPSA) is 21.3 Å². The molecule has 0 spiro atoms. The molecule has 0 aromatic heterocycles. The molecule has 0 aliphatic heterocycles. The van der Waals surface area contributed by atoms with Crippen molar-refractivity contribution in [3.63, 3.8) is 0 Å². The van der Waals surface area contributed by atoms with Gasteiger partial charge in [-0.25, -0.2) is 0 Å². The standard InChI is InChI=1S/C14H29NO/c1-5-12-7-6-8-13(11-12)15-10-9-14(2,3)16-4/h12-13,15H,5-11H2,1-4H3. The molecule has 0 heterocycles. The monoisotopic (exact) mass is 227 g/mol. The highest BCUT2D eigenvalue weighted by Crippen LogP contribution is 2.26. The molecule has 0 aromatic rings. The molecule has 1 fully saturated rings. The quantitative estimate of drug-likeness (QED) is 0.751. The maximum Gasteiger partial charge on any atom is 0.0634 e. The first-order valence-corrected chi connectivity index (χ1v) is 6.86. The predicted molar refractivity (Wildman–Crippen MR) is 69.7 cm³/mol. The van der Waals surface area contributed by atoms with Crippen LogP contribution >= 0.6 is 0 Å². The van der Waals surface area contributed by atoms with Crippen LogP contribution in [0.25, 0.3) is 0 Å². The molecule has 1 aliphatic rings. The lowest BCUT2D eigenvalue weighted by atomic mass is 9.84. The van der Waals surface area contributed by atoms with Crippen molar-refractivity contribution in [1.29, 1.82) is 0 Å². The van der Waals surface area contributed by atoms with E-state index >= 15 is 0 Å². The Morgan fingerprint density at radius 1 is 1.31 bits per heavy atom. The summed E-state index contributed by atoms with van der Waals surface area (Å²) in [4.78, 5) is 0. The molecule has 2 atom stereocenters. The molecule has 1 N–H and O–H groups in total. The van der Waals surface area contributed by atoms with Crippen LogP contribution in [-0.2, 0) is 4.74 Å². The van der Waals surface area contributed by atoms with Crippen LogP contribution < -0.4 is 5.32 Å². The van der Waals surface area contributed by atoms with Gasteiger partial charge in [-0.1, -0.05) is 26.2 Å². The van der Waals surface area contributed by atoms with Crippen LogP contribution in [0.5, 0.6) is 0 Å². The van der Waals surface area contributed by atoms with Crippen LogP contribution in [0.3, 0.4) is 0 Å². The fourth-order valence-electron chi connectivity index (χ4n) is 2.53. The molecule has 1 rings (SSSR count). The lowest BCUT2D eigenvalue weighted by molar-refractivity contribution is 0.0149. The van der Waals surface area contributed by atoms with Gasteiger partial charge in [0, 0.05) is 13.2 Å². The predicted octanol–water partition coefficient (Wildman–Crippen LogP) is 3.36. The van der Waals surface area contributed by atoms with Gasteiger partial charge in [0.15, 0.2) is 0 Å². The number of hydrogen-bond acceptors (Lipinski definition) is 2. The Balaban J connectivity index is 2.17. The van der Waals surface area contributed by atoms with Crippen molar-refractivity contribution in [2.75, 3.05) is 13.7 Å². The third kappa shape index (κ3) is 4.84. The second kappa shape index (κ2) is 6.61. The summed E-state index contributed by atoms with van der Waals surface area (Å²) >= 11 is 0. The first-order chi connectivity index (χ1) is 7.57. The number of rotatable bonds is 6. The van der Waals surface area contributed by atoms with Crippen molar-refractivity contribution in [1.82, 2.24) is 5.32 Å². The first kappa shape index (κ1) is 14.0. The normalized spacial score (nSPS) is 27.0. The summed E-state index contributed by atoms with van der Waals surface area (Å²) in [6, 6.07) is 0.756. The molecule has 1 aliphatic carbocycles. The lowest BCUT2D eigenvalue weighted by Gasteiger charge is -2.30. The number of nitrogens with one attached hydrogen (secondary N) is 1. The molecule has 0 saturated heterocycles. The zero-order valence-corrected chi connectivity index (χ0v) is 11.5. The molecule has 2 unspecified atom stereocenters. The van der Waals surface area contributed by atoms with E-state index in [1.807, 2.05) is 0 Å². The Morgan fingerprint density at radius 3 is 2.69 bits per heavy atom. The van der Waals surface area contributed by atoms with Gasteiger partial charge in [-0.05, 0) is 45.6 Å². The molecule has 0 amide bonds. The Bertz CT molecular complexity index is 191. The van der Waals surface area contributed by atoms with E-state index in [-0.39, 0.29) is 5.60 Å². The fraction of sp³-hybridized carbons (Fsp3) is 1.00. The molecule has 1 saturated carbocycles. The van der Waals surface area contributed by atoms with Crippen LogP contribution in [0.15, 0.2) is 0 Å². The van der Waals surface area contributed by atoms with Gasteiger partial charge in [0.2, 0.25) is 0 Å². The molecule has 2 nitrogen and oxygen atoms in total. The number of methoxy groups -OCH3 is 1. The van der Waals surface area contributed by atoms with Crippen molar-refractivity contribution in [2.45, 2.75) is 70.9 Å². The lowest BCUT2D eigenvalue weighted by Crippen LogP contribution is -2.37. The molecular weight excluding hydrogens is 198 g/mol. The van der Waals surface area contributed by atoms with E-state index in [4.69, 9.17) is 4.74 Å². The van der Waals surface area contributed by atoms with Gasteiger partial charge in [0.1, 0.15) is 0 Å². The Hall–Kier alpha value is -0.0800. The number of hydrogen-bond donors (Lipinski definition) is 1. The molecule has 16 heavy (non-hydrogen) atoms. The maximum atomic E-state index is 5.43. The van der Waals surface area contributed by atoms with Gasteiger partial charge in [0.25, 0.3) is 0 Å². The maximum absolute atomic E-state index is 5.43. The Kier molecular flexibility index (Phi) is 5.77. The van der Waals surface area contributed by atoms with E-state index < -0.39 is 0 Å². The van der Waals surface area contributed by atoms with Gasteiger partial charge >= 0.3 is 0 Å². The molecule has 2 heteroatoms. The average Bonchev–Trinajstić information content (AvgIpc) is 2.29. The van der Waals surface area contributed by atoms with Crippen LogP contribution in [0.2, 0.25) is 0 Å². The fourth-order valence-corrected chi connectivity index (χ4v) is 2.53. The zero-order valence-electron chi connectivity index (χ0n) is 11.5. The molecular formula is C14H29NO. The highest BCUT2D eigenvalue weighted by atomic mass is 16.5. The summed E-state index contributed by atoms with van der Waals surface area (Å²) in [7, 11) is 1.80. The number of ether oxygens (including phenoxy) is 1.